The molecule has 3 aromatic carbocycles. The molecule has 34 heavy (non-hydrogen) atoms. The van der Waals surface area contributed by atoms with Crippen LogP contribution in [0.2, 0.25) is 5.02 Å². The van der Waals surface area contributed by atoms with E-state index in [-0.39, 0.29) is 22.2 Å². The Bertz CT molecular complexity index is 1330. The fraction of sp³-hybridized carbons (Fsp3) is 0.0870. The van der Waals surface area contributed by atoms with Crippen LogP contribution in [-0.2, 0) is 11.0 Å². The van der Waals surface area contributed by atoms with Crippen molar-refractivity contribution in [2.45, 2.75) is 11.3 Å². The van der Waals surface area contributed by atoms with E-state index >= 15 is 0 Å². The van der Waals surface area contributed by atoms with Crippen molar-refractivity contribution in [1.82, 2.24) is 14.8 Å². The molecule has 0 unspecified atom stereocenters. The van der Waals surface area contributed by atoms with Crippen LogP contribution in [0.3, 0.4) is 0 Å². The summed E-state index contributed by atoms with van der Waals surface area (Å²) in [6.07, 6.45) is -4.57. The third-order valence-electron chi connectivity index (χ3n) is 4.69. The molecule has 0 saturated carbocycles. The van der Waals surface area contributed by atoms with Gasteiger partial charge in [-0.15, -0.1) is 10.2 Å². The second kappa shape index (κ2) is 9.78. The SMILES string of the molecule is O=C(CSc1nnc(-c2ccccc2O)n1-c1ccccc1)Nc1cc(C(F)(F)F)ccc1Cl. The molecule has 0 aliphatic carbocycles. The van der Waals surface area contributed by atoms with Crippen molar-refractivity contribution in [1.29, 1.82) is 0 Å². The van der Waals surface area contributed by atoms with Crippen LogP contribution in [0.15, 0.2) is 78.0 Å². The molecule has 0 aliphatic rings. The highest BCUT2D eigenvalue weighted by atomic mass is 35.5. The van der Waals surface area contributed by atoms with Crippen molar-refractivity contribution in [2.75, 3.05) is 11.1 Å². The molecule has 11 heteroatoms. The number of benzene rings is 3. The first-order chi connectivity index (χ1) is 16.2. The lowest BCUT2D eigenvalue weighted by atomic mass is 10.2. The van der Waals surface area contributed by atoms with E-state index in [0.29, 0.717) is 22.2 Å². The summed E-state index contributed by atoms with van der Waals surface area (Å²) in [6, 6.07) is 18.5. The Hall–Kier alpha value is -3.50. The number of carbonyl (C=O) groups is 1. The van der Waals surface area contributed by atoms with Crippen molar-refractivity contribution in [2.24, 2.45) is 0 Å². The molecule has 0 aliphatic heterocycles. The van der Waals surface area contributed by atoms with Crippen molar-refractivity contribution in [3.63, 3.8) is 0 Å². The normalized spacial score (nSPS) is 11.4. The first-order valence-corrected chi connectivity index (χ1v) is 11.2. The Balaban J connectivity index is 1.58. The molecule has 0 bridgehead atoms. The van der Waals surface area contributed by atoms with Gasteiger partial charge in [0.05, 0.1) is 27.6 Å². The van der Waals surface area contributed by atoms with Gasteiger partial charge >= 0.3 is 6.18 Å². The van der Waals surface area contributed by atoms with Crippen molar-refractivity contribution >= 4 is 35.0 Å². The lowest BCUT2D eigenvalue weighted by Crippen LogP contribution is -2.16. The van der Waals surface area contributed by atoms with Crippen molar-refractivity contribution in [3.8, 4) is 22.8 Å². The van der Waals surface area contributed by atoms with Gasteiger partial charge in [0.15, 0.2) is 11.0 Å². The molecule has 1 amide bonds. The molecule has 4 aromatic rings. The van der Waals surface area contributed by atoms with Crippen molar-refractivity contribution in [3.05, 3.63) is 83.4 Å². The summed E-state index contributed by atoms with van der Waals surface area (Å²) in [5.41, 5.74) is 0.0954. The van der Waals surface area contributed by atoms with Crippen LogP contribution < -0.4 is 5.32 Å². The minimum atomic E-state index is -4.57. The fourth-order valence-electron chi connectivity index (χ4n) is 3.12. The molecular formula is C23H16ClF3N4O2S. The zero-order chi connectivity index (χ0) is 24.3. The van der Waals surface area contributed by atoms with Gasteiger partial charge in [0, 0.05) is 5.69 Å². The number of thioether (sulfide) groups is 1. The fourth-order valence-corrected chi connectivity index (χ4v) is 4.04. The number of amides is 1. The average molecular weight is 505 g/mol. The van der Waals surface area contributed by atoms with E-state index in [4.69, 9.17) is 11.6 Å². The van der Waals surface area contributed by atoms with E-state index < -0.39 is 17.6 Å². The van der Waals surface area contributed by atoms with Crippen LogP contribution in [0.25, 0.3) is 17.1 Å². The summed E-state index contributed by atoms with van der Waals surface area (Å²) in [6.45, 7) is 0. The number of para-hydroxylation sites is 2. The summed E-state index contributed by atoms with van der Waals surface area (Å²) in [4.78, 5) is 12.5. The molecule has 1 heterocycles. The lowest BCUT2D eigenvalue weighted by Gasteiger charge is -2.12. The maximum atomic E-state index is 13.0. The van der Waals surface area contributed by atoms with Gasteiger partial charge in [-0.3, -0.25) is 9.36 Å². The highest BCUT2D eigenvalue weighted by Crippen LogP contribution is 2.35. The smallest absolute Gasteiger partial charge is 0.416 e. The zero-order valence-corrected chi connectivity index (χ0v) is 18.8. The van der Waals surface area contributed by atoms with Gasteiger partial charge in [0.2, 0.25) is 5.91 Å². The van der Waals surface area contributed by atoms with Crippen LogP contribution in [0.4, 0.5) is 18.9 Å². The van der Waals surface area contributed by atoms with E-state index in [1.54, 1.807) is 22.8 Å². The Morgan fingerprint density at radius 1 is 1.03 bits per heavy atom. The summed E-state index contributed by atoms with van der Waals surface area (Å²) in [5, 5.41) is 21.4. The highest BCUT2D eigenvalue weighted by molar-refractivity contribution is 7.99. The molecule has 6 nitrogen and oxygen atoms in total. The molecular weight excluding hydrogens is 489 g/mol. The predicted octanol–water partition coefficient (Wildman–Crippen LogP) is 6.04. The van der Waals surface area contributed by atoms with E-state index in [2.05, 4.69) is 15.5 Å². The number of phenolic OH excluding ortho intramolecular Hbond substituents is 1. The molecule has 2 N–H and O–H groups in total. The number of halogens is 4. The zero-order valence-electron chi connectivity index (χ0n) is 17.3. The van der Waals surface area contributed by atoms with E-state index in [0.717, 1.165) is 30.0 Å². The van der Waals surface area contributed by atoms with Crippen molar-refractivity contribution < 1.29 is 23.1 Å². The third kappa shape index (κ3) is 5.18. The number of alkyl halides is 3. The number of aromatic nitrogens is 3. The highest BCUT2D eigenvalue weighted by Gasteiger charge is 2.31. The number of rotatable bonds is 6. The minimum Gasteiger partial charge on any atom is -0.507 e. The van der Waals surface area contributed by atoms with Crippen LogP contribution in [0, 0.1) is 0 Å². The van der Waals surface area contributed by atoms with Gasteiger partial charge in [-0.2, -0.15) is 13.2 Å². The number of nitrogens with one attached hydrogen (secondary N) is 1. The molecule has 0 spiro atoms. The molecule has 174 valence electrons. The van der Waals surface area contributed by atoms with Crippen LogP contribution in [-0.4, -0.2) is 31.5 Å². The second-order valence-electron chi connectivity index (χ2n) is 7.02. The van der Waals surface area contributed by atoms with Gasteiger partial charge in [-0.1, -0.05) is 53.7 Å². The van der Waals surface area contributed by atoms with Gasteiger partial charge in [0.25, 0.3) is 0 Å². The Kier molecular flexibility index (Phi) is 6.80. The summed E-state index contributed by atoms with van der Waals surface area (Å²) in [5.74, 6) is -0.357. The topological polar surface area (TPSA) is 80.0 Å². The number of hydrogen-bond donors (Lipinski definition) is 2. The molecule has 4 rings (SSSR count). The van der Waals surface area contributed by atoms with Gasteiger partial charge in [-0.05, 0) is 42.5 Å². The Labute approximate surface area is 201 Å². The second-order valence-corrected chi connectivity index (χ2v) is 8.37. The molecule has 0 radical (unpaired) electrons. The predicted molar refractivity (Wildman–Crippen MR) is 124 cm³/mol. The number of hydrogen-bond acceptors (Lipinski definition) is 5. The summed E-state index contributed by atoms with van der Waals surface area (Å²) < 4.78 is 40.6. The average Bonchev–Trinajstić information content (AvgIpc) is 3.23. The quantitative estimate of drug-likeness (QED) is 0.313. The number of carbonyl (C=O) groups excluding carboxylic acids is 1. The van der Waals surface area contributed by atoms with Crippen LogP contribution in [0.5, 0.6) is 5.75 Å². The number of aromatic hydroxyl groups is 1. The number of nitrogens with zero attached hydrogens (tertiary/aromatic N) is 3. The largest absolute Gasteiger partial charge is 0.507 e. The first kappa shape index (κ1) is 23.7. The van der Waals surface area contributed by atoms with Gasteiger partial charge in [-0.25, -0.2) is 0 Å². The van der Waals surface area contributed by atoms with Crippen LogP contribution >= 0.6 is 23.4 Å². The molecule has 1 aromatic heterocycles. The summed E-state index contributed by atoms with van der Waals surface area (Å²) >= 11 is 7.00. The van der Waals surface area contributed by atoms with Gasteiger partial charge < -0.3 is 10.4 Å². The third-order valence-corrected chi connectivity index (χ3v) is 5.95. The van der Waals surface area contributed by atoms with E-state index in [9.17, 15) is 23.1 Å². The maximum absolute atomic E-state index is 13.0. The molecule has 0 atom stereocenters. The maximum Gasteiger partial charge on any atom is 0.416 e. The first-order valence-electron chi connectivity index (χ1n) is 9.82. The van der Waals surface area contributed by atoms with E-state index in [1.165, 1.54) is 6.07 Å². The molecule has 0 fully saturated rings. The lowest BCUT2D eigenvalue weighted by molar-refractivity contribution is -0.137. The van der Waals surface area contributed by atoms with E-state index in [1.807, 2.05) is 30.3 Å². The van der Waals surface area contributed by atoms with Crippen LogP contribution in [0.1, 0.15) is 5.56 Å². The minimum absolute atomic E-state index is 0.0133. The Morgan fingerprint density at radius 3 is 2.44 bits per heavy atom. The monoisotopic (exact) mass is 504 g/mol. The summed E-state index contributed by atoms with van der Waals surface area (Å²) in [7, 11) is 0. The standard InChI is InChI=1S/C23H16ClF3N4O2S/c24-17-11-10-14(23(25,26)27)12-18(17)28-20(33)13-34-22-30-29-21(16-8-4-5-9-19(16)32)31(22)15-6-2-1-3-7-15/h1-12,32H,13H2,(H,28,33). The Morgan fingerprint density at radius 2 is 1.74 bits per heavy atom. The number of anilines is 1. The van der Waals surface area contributed by atoms with Gasteiger partial charge in [0.1, 0.15) is 5.75 Å². The molecule has 0 saturated heterocycles. The number of phenols is 1.